The topological polar surface area (TPSA) is 78.7 Å². The molecule has 6 nitrogen and oxygen atoms in total. The van der Waals surface area contributed by atoms with E-state index in [1.54, 1.807) is 0 Å². The lowest BCUT2D eigenvalue weighted by Crippen LogP contribution is -2.08. The molecule has 0 aliphatic heterocycles. The van der Waals surface area contributed by atoms with E-state index in [2.05, 4.69) is 6.92 Å². The normalized spacial score (nSPS) is 10.2. The summed E-state index contributed by atoms with van der Waals surface area (Å²) in [4.78, 5) is 20.9. The van der Waals surface area contributed by atoms with Gasteiger partial charge in [0.05, 0.1) is 17.1 Å². The van der Waals surface area contributed by atoms with E-state index in [1.165, 1.54) is 18.2 Å². The number of nitrogens with zero attached hydrogens (tertiary/aromatic N) is 1. The molecule has 0 saturated carbocycles. The summed E-state index contributed by atoms with van der Waals surface area (Å²) in [6.45, 7) is 3.49. The molecule has 0 atom stereocenters. The van der Waals surface area contributed by atoms with Gasteiger partial charge in [0.15, 0.2) is 6.29 Å². The number of aldehydes is 1. The maximum atomic E-state index is 10.8. The summed E-state index contributed by atoms with van der Waals surface area (Å²) in [5, 5.41) is 10.6. The van der Waals surface area contributed by atoms with Gasteiger partial charge in [-0.05, 0) is 12.5 Å². The van der Waals surface area contributed by atoms with Gasteiger partial charge in [0, 0.05) is 18.7 Å². The fourth-order valence-corrected chi connectivity index (χ4v) is 1.43. The average molecular weight is 267 g/mol. The molecule has 1 rings (SSSR count). The highest BCUT2D eigenvalue weighted by molar-refractivity contribution is 5.80. The van der Waals surface area contributed by atoms with Gasteiger partial charge in [-0.3, -0.25) is 14.9 Å². The number of nitro groups is 1. The summed E-state index contributed by atoms with van der Waals surface area (Å²) in [6, 6.07) is 3.93. The molecule has 0 unspecified atom stereocenters. The second-order valence-corrected chi connectivity index (χ2v) is 3.91. The number of benzene rings is 1. The highest BCUT2D eigenvalue weighted by Gasteiger charge is 2.11. The van der Waals surface area contributed by atoms with Crippen LogP contribution in [0.15, 0.2) is 18.2 Å². The SMILES string of the molecule is CCCCOCCOc1ccc([N+](=O)[O-])cc1C=O. The van der Waals surface area contributed by atoms with Crippen LogP contribution in [0.3, 0.4) is 0 Å². The van der Waals surface area contributed by atoms with E-state index in [0.29, 0.717) is 31.9 Å². The summed E-state index contributed by atoms with van der Waals surface area (Å²) in [7, 11) is 0. The number of non-ortho nitro benzene ring substituents is 1. The van der Waals surface area contributed by atoms with E-state index in [-0.39, 0.29) is 11.3 Å². The Balaban J connectivity index is 2.49. The largest absolute Gasteiger partial charge is 0.490 e. The Morgan fingerprint density at radius 3 is 2.74 bits per heavy atom. The molecule has 0 aliphatic rings. The monoisotopic (exact) mass is 267 g/mol. The van der Waals surface area contributed by atoms with Crippen molar-refractivity contribution >= 4 is 12.0 Å². The van der Waals surface area contributed by atoms with Crippen molar-refractivity contribution in [3.63, 3.8) is 0 Å². The first-order valence-electron chi connectivity index (χ1n) is 6.13. The minimum Gasteiger partial charge on any atom is -0.490 e. The van der Waals surface area contributed by atoms with Gasteiger partial charge in [-0.2, -0.15) is 0 Å². The van der Waals surface area contributed by atoms with Crippen LogP contribution in [-0.4, -0.2) is 31.0 Å². The number of carbonyl (C=O) groups excluding carboxylic acids is 1. The van der Waals surface area contributed by atoms with Crippen molar-refractivity contribution in [2.45, 2.75) is 19.8 Å². The first-order chi connectivity index (χ1) is 9.19. The van der Waals surface area contributed by atoms with E-state index in [1.807, 2.05) is 0 Å². The number of nitro benzene ring substituents is 1. The minimum absolute atomic E-state index is 0.131. The molecule has 0 heterocycles. The van der Waals surface area contributed by atoms with Gasteiger partial charge in [0.1, 0.15) is 12.4 Å². The third-order valence-corrected chi connectivity index (χ3v) is 2.46. The fraction of sp³-hybridized carbons (Fsp3) is 0.462. The number of hydrogen-bond donors (Lipinski definition) is 0. The van der Waals surface area contributed by atoms with Crippen LogP contribution in [-0.2, 0) is 4.74 Å². The first-order valence-corrected chi connectivity index (χ1v) is 6.13. The molecule has 1 aromatic carbocycles. The standard InChI is InChI=1S/C13H17NO5/c1-2-3-6-18-7-8-19-13-5-4-12(14(16)17)9-11(13)10-15/h4-5,9-10H,2-3,6-8H2,1H3. The number of carbonyl (C=O) groups is 1. The van der Waals surface area contributed by atoms with Crippen molar-refractivity contribution < 1.29 is 19.2 Å². The second kappa shape index (κ2) is 8.20. The van der Waals surface area contributed by atoms with Crippen molar-refractivity contribution in [3.8, 4) is 5.75 Å². The lowest BCUT2D eigenvalue weighted by atomic mass is 10.2. The summed E-state index contributed by atoms with van der Waals surface area (Å²) >= 11 is 0. The van der Waals surface area contributed by atoms with E-state index in [4.69, 9.17) is 9.47 Å². The Bertz CT molecular complexity index is 433. The van der Waals surface area contributed by atoms with Crippen LogP contribution in [0.5, 0.6) is 5.75 Å². The van der Waals surface area contributed by atoms with Crippen molar-refractivity contribution in [1.82, 2.24) is 0 Å². The lowest BCUT2D eigenvalue weighted by Gasteiger charge is -2.08. The Kier molecular flexibility index (Phi) is 6.52. The second-order valence-electron chi connectivity index (χ2n) is 3.91. The first kappa shape index (κ1) is 15.1. The Morgan fingerprint density at radius 1 is 1.32 bits per heavy atom. The molecular formula is C13H17NO5. The van der Waals surface area contributed by atoms with Crippen molar-refractivity contribution in [3.05, 3.63) is 33.9 Å². The van der Waals surface area contributed by atoms with Crippen LogP contribution < -0.4 is 4.74 Å². The molecular weight excluding hydrogens is 250 g/mol. The molecule has 0 N–H and O–H groups in total. The molecule has 1 aromatic rings. The number of rotatable bonds is 9. The molecule has 0 radical (unpaired) electrons. The Labute approximate surface area is 111 Å². The van der Waals surface area contributed by atoms with Gasteiger partial charge in [-0.25, -0.2) is 0 Å². The predicted molar refractivity (Wildman–Crippen MR) is 69.7 cm³/mol. The minimum atomic E-state index is -0.551. The lowest BCUT2D eigenvalue weighted by molar-refractivity contribution is -0.384. The predicted octanol–water partition coefficient (Wildman–Crippen LogP) is 2.60. The van der Waals surface area contributed by atoms with Gasteiger partial charge >= 0.3 is 0 Å². The van der Waals surface area contributed by atoms with Gasteiger partial charge < -0.3 is 9.47 Å². The highest BCUT2D eigenvalue weighted by atomic mass is 16.6. The Hall–Kier alpha value is -1.95. The third-order valence-electron chi connectivity index (χ3n) is 2.46. The molecule has 0 fully saturated rings. The third kappa shape index (κ3) is 5.05. The van der Waals surface area contributed by atoms with Crippen LogP contribution in [0.25, 0.3) is 0 Å². The van der Waals surface area contributed by atoms with Crippen LogP contribution in [0.1, 0.15) is 30.1 Å². The molecule has 0 aliphatic carbocycles. The average Bonchev–Trinajstić information content (AvgIpc) is 2.42. The Morgan fingerprint density at radius 2 is 2.11 bits per heavy atom. The van der Waals surface area contributed by atoms with Crippen LogP contribution >= 0.6 is 0 Å². The molecule has 0 amide bonds. The summed E-state index contributed by atoms with van der Waals surface area (Å²) in [5.41, 5.74) is 0.0383. The number of unbranched alkanes of at least 4 members (excludes halogenated alkanes) is 1. The molecule has 6 heteroatoms. The molecule has 0 saturated heterocycles. The fourth-order valence-electron chi connectivity index (χ4n) is 1.43. The van der Waals surface area contributed by atoms with Gasteiger partial charge in [0.25, 0.3) is 5.69 Å². The van der Waals surface area contributed by atoms with Crippen LogP contribution in [0.2, 0.25) is 0 Å². The van der Waals surface area contributed by atoms with E-state index in [0.717, 1.165) is 12.8 Å². The van der Waals surface area contributed by atoms with Gasteiger partial charge in [-0.1, -0.05) is 13.3 Å². The summed E-state index contributed by atoms with van der Waals surface area (Å²) in [6.07, 6.45) is 2.61. The van der Waals surface area contributed by atoms with Crippen molar-refractivity contribution in [2.24, 2.45) is 0 Å². The molecule has 0 aromatic heterocycles. The number of ether oxygens (including phenoxy) is 2. The number of hydrogen-bond acceptors (Lipinski definition) is 5. The van der Waals surface area contributed by atoms with Crippen molar-refractivity contribution in [1.29, 1.82) is 0 Å². The zero-order chi connectivity index (χ0) is 14.1. The quantitative estimate of drug-likeness (QED) is 0.297. The summed E-state index contributed by atoms with van der Waals surface area (Å²) < 4.78 is 10.7. The molecule has 104 valence electrons. The zero-order valence-corrected chi connectivity index (χ0v) is 10.8. The smallest absolute Gasteiger partial charge is 0.270 e. The molecule has 19 heavy (non-hydrogen) atoms. The van der Waals surface area contributed by atoms with E-state index < -0.39 is 4.92 Å². The molecule has 0 spiro atoms. The maximum absolute atomic E-state index is 10.8. The zero-order valence-electron chi connectivity index (χ0n) is 10.8. The van der Waals surface area contributed by atoms with Gasteiger partial charge in [0.2, 0.25) is 0 Å². The van der Waals surface area contributed by atoms with Crippen LogP contribution in [0.4, 0.5) is 5.69 Å². The van der Waals surface area contributed by atoms with Crippen molar-refractivity contribution in [2.75, 3.05) is 19.8 Å². The van der Waals surface area contributed by atoms with E-state index in [9.17, 15) is 14.9 Å². The maximum Gasteiger partial charge on any atom is 0.270 e. The van der Waals surface area contributed by atoms with Gasteiger partial charge in [-0.15, -0.1) is 0 Å². The summed E-state index contributed by atoms with van der Waals surface area (Å²) in [5.74, 6) is 0.333. The molecule has 0 bridgehead atoms. The van der Waals surface area contributed by atoms with E-state index >= 15 is 0 Å². The highest BCUT2D eigenvalue weighted by Crippen LogP contribution is 2.22. The van der Waals surface area contributed by atoms with Crippen LogP contribution in [0, 0.1) is 10.1 Å².